The van der Waals surface area contributed by atoms with Crippen LogP contribution < -0.4 is 10.3 Å². The maximum absolute atomic E-state index is 13.7. The summed E-state index contributed by atoms with van der Waals surface area (Å²) in [5.41, 5.74) is 1.09. The number of methoxy groups -OCH3 is 1. The Morgan fingerprint density at radius 2 is 2.15 bits per heavy atom. The second-order valence-electron chi connectivity index (χ2n) is 5.74. The number of Topliss-reactive ketones (excluding diaryl/α,β-unsaturated/α-hetero) is 1. The number of fused-ring (bicyclic) bond motifs is 1. The highest BCUT2D eigenvalue weighted by Gasteiger charge is 2.13. The van der Waals surface area contributed by atoms with E-state index < -0.39 is 5.82 Å². The van der Waals surface area contributed by atoms with Gasteiger partial charge in [0.25, 0.3) is 5.56 Å². The summed E-state index contributed by atoms with van der Waals surface area (Å²) in [6.45, 7) is 3.87. The van der Waals surface area contributed by atoms with Crippen molar-refractivity contribution >= 4 is 39.1 Å². The molecule has 5 nitrogen and oxygen atoms in total. The standard InChI is InChI=1S/C18H17FN2O3S2/c1-9-10(2)26-18-16(9)17(23)20-15(21-18)8-25-7-13(22)11-4-5-14(24-3)12(19)6-11/h4-6H,7-8H2,1-3H3,(H,20,21,23). The van der Waals surface area contributed by atoms with Gasteiger partial charge in [-0.05, 0) is 37.6 Å². The fourth-order valence-corrected chi connectivity index (χ4v) is 4.36. The molecule has 1 N–H and O–H groups in total. The van der Waals surface area contributed by atoms with Crippen molar-refractivity contribution < 1.29 is 13.9 Å². The van der Waals surface area contributed by atoms with Gasteiger partial charge < -0.3 is 9.72 Å². The number of hydrogen-bond acceptors (Lipinski definition) is 6. The molecule has 0 unspecified atom stereocenters. The van der Waals surface area contributed by atoms with Gasteiger partial charge in [0.15, 0.2) is 17.3 Å². The van der Waals surface area contributed by atoms with Crippen LogP contribution >= 0.6 is 23.1 Å². The van der Waals surface area contributed by atoms with Crippen LogP contribution in [-0.4, -0.2) is 28.6 Å². The molecule has 0 atom stereocenters. The van der Waals surface area contributed by atoms with E-state index in [0.29, 0.717) is 21.8 Å². The third-order valence-corrected chi connectivity index (χ3v) is 6.08. The molecule has 0 fully saturated rings. The summed E-state index contributed by atoms with van der Waals surface area (Å²) < 4.78 is 18.5. The van der Waals surface area contributed by atoms with E-state index in [1.807, 2.05) is 13.8 Å². The molecule has 3 rings (SSSR count). The van der Waals surface area contributed by atoms with Crippen molar-refractivity contribution in [2.75, 3.05) is 12.9 Å². The number of H-pyrrole nitrogens is 1. The molecule has 0 aliphatic heterocycles. The Kier molecular flexibility index (Phi) is 5.43. The largest absolute Gasteiger partial charge is 0.494 e. The number of benzene rings is 1. The number of aromatic amines is 1. The quantitative estimate of drug-likeness (QED) is 0.645. The van der Waals surface area contributed by atoms with E-state index in [2.05, 4.69) is 9.97 Å². The van der Waals surface area contributed by atoms with Crippen molar-refractivity contribution in [2.45, 2.75) is 19.6 Å². The van der Waals surface area contributed by atoms with Gasteiger partial charge in [0.1, 0.15) is 10.7 Å². The number of thioether (sulfide) groups is 1. The number of thiophene rings is 1. The predicted molar refractivity (Wildman–Crippen MR) is 103 cm³/mol. The third kappa shape index (κ3) is 3.66. The maximum Gasteiger partial charge on any atom is 0.259 e. The molecule has 0 amide bonds. The van der Waals surface area contributed by atoms with Crippen LogP contribution in [0.25, 0.3) is 10.2 Å². The average Bonchev–Trinajstić information content (AvgIpc) is 2.89. The molecule has 2 heterocycles. The minimum absolute atomic E-state index is 0.103. The molecule has 0 spiro atoms. The minimum atomic E-state index is -0.566. The summed E-state index contributed by atoms with van der Waals surface area (Å²) in [7, 11) is 1.37. The van der Waals surface area contributed by atoms with Gasteiger partial charge >= 0.3 is 0 Å². The summed E-state index contributed by atoms with van der Waals surface area (Å²) in [5.74, 6) is 0.431. The number of nitrogens with one attached hydrogen (secondary N) is 1. The lowest BCUT2D eigenvalue weighted by molar-refractivity contribution is 0.102. The normalized spacial score (nSPS) is 11.1. The van der Waals surface area contributed by atoms with E-state index in [-0.39, 0.29) is 28.4 Å². The molecule has 8 heteroatoms. The fourth-order valence-electron chi connectivity index (χ4n) is 2.53. The topological polar surface area (TPSA) is 72.0 Å². The van der Waals surface area contributed by atoms with E-state index in [1.54, 1.807) is 0 Å². The van der Waals surface area contributed by atoms with Crippen molar-refractivity contribution in [1.29, 1.82) is 0 Å². The molecular weight excluding hydrogens is 375 g/mol. The highest BCUT2D eigenvalue weighted by molar-refractivity contribution is 7.99. The predicted octanol–water partition coefficient (Wildman–Crippen LogP) is 3.87. The van der Waals surface area contributed by atoms with Crippen LogP contribution in [0.15, 0.2) is 23.0 Å². The van der Waals surface area contributed by atoms with Gasteiger partial charge in [-0.25, -0.2) is 9.37 Å². The Morgan fingerprint density at radius 1 is 1.38 bits per heavy atom. The second kappa shape index (κ2) is 7.59. The van der Waals surface area contributed by atoms with Crippen molar-refractivity contribution in [2.24, 2.45) is 0 Å². The monoisotopic (exact) mass is 392 g/mol. The Morgan fingerprint density at radius 3 is 2.85 bits per heavy atom. The van der Waals surface area contributed by atoms with Crippen LogP contribution in [0.2, 0.25) is 0 Å². The molecule has 0 aliphatic rings. The summed E-state index contributed by atoms with van der Waals surface area (Å²) in [4.78, 5) is 33.5. The Bertz CT molecular complexity index is 1040. The number of aromatic nitrogens is 2. The van der Waals surface area contributed by atoms with Crippen LogP contribution in [0.4, 0.5) is 4.39 Å². The fraction of sp³-hybridized carbons (Fsp3) is 0.278. The molecule has 1 aromatic carbocycles. The van der Waals surface area contributed by atoms with E-state index in [1.165, 1.54) is 48.4 Å². The van der Waals surface area contributed by atoms with Crippen LogP contribution in [0.3, 0.4) is 0 Å². The van der Waals surface area contributed by atoms with Crippen molar-refractivity contribution in [3.63, 3.8) is 0 Å². The van der Waals surface area contributed by atoms with Crippen molar-refractivity contribution in [3.05, 3.63) is 56.2 Å². The third-order valence-electron chi connectivity index (χ3n) is 4.03. The van der Waals surface area contributed by atoms with E-state index in [4.69, 9.17) is 4.74 Å². The van der Waals surface area contributed by atoms with Gasteiger partial charge in [0.2, 0.25) is 0 Å². The van der Waals surface area contributed by atoms with Crippen LogP contribution in [-0.2, 0) is 5.75 Å². The highest BCUT2D eigenvalue weighted by Crippen LogP contribution is 2.26. The number of carbonyl (C=O) groups excluding carboxylic acids is 1. The molecule has 26 heavy (non-hydrogen) atoms. The Hall–Kier alpha value is -2.19. The Labute approximate surface area is 157 Å². The van der Waals surface area contributed by atoms with E-state index in [0.717, 1.165) is 10.4 Å². The summed E-state index contributed by atoms with van der Waals surface area (Å²) >= 11 is 2.81. The van der Waals surface area contributed by atoms with Gasteiger partial charge in [-0.3, -0.25) is 9.59 Å². The summed E-state index contributed by atoms with van der Waals surface area (Å²) in [5, 5.41) is 0.631. The lowest BCUT2D eigenvalue weighted by Crippen LogP contribution is -2.11. The first kappa shape index (κ1) is 18.6. The summed E-state index contributed by atoms with van der Waals surface area (Å²) in [6, 6.07) is 4.14. The van der Waals surface area contributed by atoms with Crippen molar-refractivity contribution in [1.82, 2.24) is 9.97 Å². The molecule has 0 aliphatic carbocycles. The van der Waals surface area contributed by atoms with Crippen LogP contribution in [0.5, 0.6) is 5.75 Å². The highest BCUT2D eigenvalue weighted by atomic mass is 32.2. The molecule has 0 saturated heterocycles. The molecule has 0 bridgehead atoms. The van der Waals surface area contributed by atoms with Gasteiger partial charge in [-0.2, -0.15) is 0 Å². The number of hydrogen-bond donors (Lipinski definition) is 1. The SMILES string of the molecule is COc1ccc(C(=O)CSCc2nc3sc(C)c(C)c3c(=O)[nH]2)cc1F. The zero-order chi connectivity index (χ0) is 18.8. The number of ether oxygens (including phenoxy) is 1. The lowest BCUT2D eigenvalue weighted by atomic mass is 10.1. The number of rotatable bonds is 6. The van der Waals surface area contributed by atoms with Crippen LogP contribution in [0.1, 0.15) is 26.6 Å². The van der Waals surface area contributed by atoms with Gasteiger partial charge in [-0.1, -0.05) is 0 Å². The smallest absolute Gasteiger partial charge is 0.259 e. The summed E-state index contributed by atoms with van der Waals surface area (Å²) in [6.07, 6.45) is 0. The van der Waals surface area contributed by atoms with E-state index >= 15 is 0 Å². The molecule has 136 valence electrons. The molecule has 2 aromatic heterocycles. The number of carbonyl (C=O) groups is 1. The van der Waals surface area contributed by atoms with Gasteiger partial charge in [-0.15, -0.1) is 23.1 Å². The zero-order valence-corrected chi connectivity index (χ0v) is 16.1. The zero-order valence-electron chi connectivity index (χ0n) is 14.5. The molecule has 3 aromatic rings. The van der Waals surface area contributed by atoms with Crippen molar-refractivity contribution in [3.8, 4) is 5.75 Å². The average molecular weight is 392 g/mol. The van der Waals surface area contributed by atoms with Gasteiger partial charge in [0, 0.05) is 10.4 Å². The first-order valence-electron chi connectivity index (χ1n) is 7.84. The number of ketones is 1. The number of aryl methyl sites for hydroxylation is 2. The van der Waals surface area contributed by atoms with Gasteiger partial charge in [0.05, 0.1) is 24.0 Å². The second-order valence-corrected chi connectivity index (χ2v) is 7.93. The molecular formula is C18H17FN2O3S2. The number of nitrogens with zero attached hydrogens (tertiary/aromatic N) is 1. The number of halogens is 1. The first-order chi connectivity index (χ1) is 12.4. The van der Waals surface area contributed by atoms with E-state index in [9.17, 15) is 14.0 Å². The molecule has 0 radical (unpaired) electrons. The van der Waals surface area contributed by atoms with Crippen LogP contribution in [0, 0.1) is 19.7 Å². The molecule has 0 saturated carbocycles. The Balaban J connectivity index is 1.68. The minimum Gasteiger partial charge on any atom is -0.494 e. The lowest BCUT2D eigenvalue weighted by Gasteiger charge is -2.05. The first-order valence-corrected chi connectivity index (χ1v) is 9.81. The maximum atomic E-state index is 13.7.